The molecule has 3 heterocycles. The number of nitrogens with zero attached hydrogens (tertiary/aromatic N) is 3. The van der Waals surface area contributed by atoms with Crippen LogP contribution in [0.25, 0.3) is 10.6 Å². The first-order chi connectivity index (χ1) is 15.6. The van der Waals surface area contributed by atoms with Crippen molar-refractivity contribution in [3.05, 3.63) is 58.6 Å². The molecule has 7 nitrogen and oxygen atoms in total. The van der Waals surface area contributed by atoms with Crippen LogP contribution in [0.2, 0.25) is 0 Å². The second-order valence-electron chi connectivity index (χ2n) is 8.38. The number of hydrogen-bond acceptors (Lipinski definition) is 7. The summed E-state index contributed by atoms with van der Waals surface area (Å²) in [6, 6.07) is 5.65. The van der Waals surface area contributed by atoms with E-state index in [1.54, 1.807) is 29.8 Å². The van der Waals surface area contributed by atoms with Gasteiger partial charge in [-0.05, 0) is 43.9 Å². The average Bonchev–Trinajstić information content (AvgIpc) is 3.44. The highest BCUT2D eigenvalue weighted by Gasteiger charge is 2.23. The first-order valence-corrected chi connectivity index (χ1v) is 11.9. The molecule has 32 heavy (non-hydrogen) atoms. The smallest absolute Gasteiger partial charge is 0.251 e. The van der Waals surface area contributed by atoms with E-state index in [1.165, 1.54) is 24.1 Å². The number of aromatic nitrogens is 3. The first kappa shape index (κ1) is 21.0. The Morgan fingerprint density at radius 1 is 1.16 bits per heavy atom. The summed E-state index contributed by atoms with van der Waals surface area (Å²) in [6.45, 7) is 3.46. The fourth-order valence-corrected chi connectivity index (χ4v) is 4.88. The van der Waals surface area contributed by atoms with Crippen LogP contribution in [0.1, 0.15) is 58.2 Å². The van der Waals surface area contributed by atoms with Crippen LogP contribution in [-0.2, 0) is 11.3 Å². The van der Waals surface area contributed by atoms with E-state index in [2.05, 4.69) is 20.3 Å². The highest BCUT2D eigenvalue weighted by Crippen LogP contribution is 2.41. The fraction of sp³-hybridized carbons (Fsp3) is 0.417. The van der Waals surface area contributed by atoms with Crippen LogP contribution in [0.15, 0.2) is 36.8 Å². The van der Waals surface area contributed by atoms with Gasteiger partial charge < -0.3 is 14.8 Å². The molecule has 1 unspecified atom stereocenters. The van der Waals surface area contributed by atoms with E-state index in [1.807, 2.05) is 25.3 Å². The minimum atomic E-state index is -0.183. The van der Waals surface area contributed by atoms with Gasteiger partial charge in [0.2, 0.25) is 0 Å². The van der Waals surface area contributed by atoms with Crippen molar-refractivity contribution in [1.29, 1.82) is 0 Å². The molecule has 1 amide bonds. The highest BCUT2D eigenvalue weighted by molar-refractivity contribution is 7.15. The predicted molar refractivity (Wildman–Crippen MR) is 122 cm³/mol. The summed E-state index contributed by atoms with van der Waals surface area (Å²) in [5.74, 6) is 1.12. The van der Waals surface area contributed by atoms with E-state index in [-0.39, 0.29) is 12.0 Å². The zero-order valence-electron chi connectivity index (χ0n) is 18.0. The standard InChI is InChI=1S/C24H26N4O3S/c1-15-10-26-19(11-25-15)12-27-23(29)17-7-18(9-21(8-17)31-20-5-6-30-14-20)24-28-13-22(32-24)16-3-2-4-16/h7-11,13,16,20H,2-6,12,14H2,1H3,(H,27,29). The SMILES string of the molecule is Cc1cnc(CNC(=O)c2cc(OC3CCOC3)cc(-c3ncc(C4CCC4)s3)c2)cn1. The molecule has 5 rings (SSSR count). The molecule has 0 bridgehead atoms. The van der Waals surface area contributed by atoms with Gasteiger partial charge in [0.15, 0.2) is 0 Å². The number of nitrogens with one attached hydrogen (secondary N) is 1. The molecule has 166 valence electrons. The zero-order chi connectivity index (χ0) is 21.9. The van der Waals surface area contributed by atoms with Crippen molar-refractivity contribution in [3.63, 3.8) is 0 Å². The monoisotopic (exact) mass is 450 g/mol. The van der Waals surface area contributed by atoms with Gasteiger partial charge in [-0.25, -0.2) is 4.98 Å². The van der Waals surface area contributed by atoms with Crippen molar-refractivity contribution >= 4 is 17.2 Å². The molecule has 8 heteroatoms. The Labute approximate surface area is 191 Å². The van der Waals surface area contributed by atoms with Gasteiger partial charge in [0.05, 0.1) is 37.3 Å². The summed E-state index contributed by atoms with van der Waals surface area (Å²) < 4.78 is 11.6. The van der Waals surface area contributed by atoms with Crippen molar-refractivity contribution in [3.8, 4) is 16.3 Å². The van der Waals surface area contributed by atoms with Crippen LogP contribution < -0.4 is 10.1 Å². The number of carbonyl (C=O) groups excluding carboxylic acids is 1. The summed E-state index contributed by atoms with van der Waals surface area (Å²) in [6.07, 6.45) is 9.98. The van der Waals surface area contributed by atoms with Crippen molar-refractivity contribution in [2.75, 3.05) is 13.2 Å². The molecule has 3 aromatic rings. The molecule has 0 spiro atoms. The van der Waals surface area contributed by atoms with Crippen molar-refractivity contribution < 1.29 is 14.3 Å². The number of carbonyl (C=O) groups is 1. The summed E-state index contributed by atoms with van der Waals surface area (Å²) in [4.78, 5) is 27.5. The fourth-order valence-electron chi connectivity index (χ4n) is 3.81. The molecule has 1 aliphatic carbocycles. The maximum Gasteiger partial charge on any atom is 0.251 e. The third-order valence-corrected chi connectivity index (χ3v) is 7.11. The molecule has 1 saturated carbocycles. The maximum atomic E-state index is 13.0. The topological polar surface area (TPSA) is 86.2 Å². The van der Waals surface area contributed by atoms with Crippen LogP contribution in [0.3, 0.4) is 0 Å². The number of aryl methyl sites for hydroxylation is 1. The molecule has 1 saturated heterocycles. The van der Waals surface area contributed by atoms with Crippen LogP contribution in [0.4, 0.5) is 0 Å². The molecule has 1 aromatic carbocycles. The molecule has 1 N–H and O–H groups in total. The van der Waals surface area contributed by atoms with E-state index < -0.39 is 0 Å². The van der Waals surface area contributed by atoms with Gasteiger partial charge in [-0.1, -0.05) is 6.42 Å². The third kappa shape index (κ3) is 4.81. The predicted octanol–water partition coefficient (Wildman–Crippen LogP) is 4.27. The Balaban J connectivity index is 1.38. The largest absolute Gasteiger partial charge is 0.488 e. The molecule has 1 atom stereocenters. The van der Waals surface area contributed by atoms with Crippen molar-refractivity contribution in [2.45, 2.75) is 51.2 Å². The summed E-state index contributed by atoms with van der Waals surface area (Å²) in [5.41, 5.74) is 2.99. The van der Waals surface area contributed by atoms with E-state index in [4.69, 9.17) is 9.47 Å². The van der Waals surface area contributed by atoms with Gasteiger partial charge >= 0.3 is 0 Å². The lowest BCUT2D eigenvalue weighted by Gasteiger charge is -2.23. The van der Waals surface area contributed by atoms with Crippen molar-refractivity contribution in [1.82, 2.24) is 20.3 Å². The molecule has 2 aromatic heterocycles. The number of thiazole rings is 1. The van der Waals surface area contributed by atoms with Gasteiger partial charge in [0.25, 0.3) is 5.91 Å². The van der Waals surface area contributed by atoms with E-state index in [0.717, 1.165) is 22.7 Å². The van der Waals surface area contributed by atoms with Crippen LogP contribution in [0.5, 0.6) is 5.75 Å². The lowest BCUT2D eigenvalue weighted by atomic mass is 9.85. The Hall–Kier alpha value is -2.84. The van der Waals surface area contributed by atoms with Crippen LogP contribution >= 0.6 is 11.3 Å². The Morgan fingerprint density at radius 3 is 2.78 bits per heavy atom. The molecule has 2 aliphatic rings. The van der Waals surface area contributed by atoms with Gasteiger partial charge in [-0.3, -0.25) is 14.8 Å². The van der Waals surface area contributed by atoms with Crippen LogP contribution in [0, 0.1) is 6.92 Å². The van der Waals surface area contributed by atoms with E-state index >= 15 is 0 Å². The second kappa shape index (κ2) is 9.34. The Kier molecular flexibility index (Phi) is 6.14. The molecular weight excluding hydrogens is 424 g/mol. The van der Waals surface area contributed by atoms with Gasteiger partial charge in [-0.15, -0.1) is 11.3 Å². The maximum absolute atomic E-state index is 13.0. The van der Waals surface area contributed by atoms with Gasteiger partial charge in [-0.2, -0.15) is 0 Å². The number of amides is 1. The minimum Gasteiger partial charge on any atom is -0.488 e. The lowest BCUT2D eigenvalue weighted by molar-refractivity contribution is 0.0949. The van der Waals surface area contributed by atoms with Gasteiger partial charge in [0.1, 0.15) is 16.9 Å². The zero-order valence-corrected chi connectivity index (χ0v) is 18.9. The van der Waals surface area contributed by atoms with E-state index in [9.17, 15) is 4.79 Å². The first-order valence-electron chi connectivity index (χ1n) is 11.1. The number of hydrogen-bond donors (Lipinski definition) is 1. The molecular formula is C24H26N4O3S. The van der Waals surface area contributed by atoms with Crippen LogP contribution in [-0.4, -0.2) is 40.2 Å². The average molecular weight is 451 g/mol. The summed E-state index contributed by atoms with van der Waals surface area (Å²) >= 11 is 1.71. The second-order valence-corrected chi connectivity index (χ2v) is 9.44. The Bertz CT molecular complexity index is 1090. The normalized spacial score (nSPS) is 18.3. The summed E-state index contributed by atoms with van der Waals surface area (Å²) in [7, 11) is 0. The highest BCUT2D eigenvalue weighted by atomic mass is 32.1. The van der Waals surface area contributed by atoms with Crippen molar-refractivity contribution in [2.24, 2.45) is 0 Å². The lowest BCUT2D eigenvalue weighted by Crippen LogP contribution is -2.24. The quantitative estimate of drug-likeness (QED) is 0.578. The van der Waals surface area contributed by atoms with Gasteiger partial charge in [0, 0.05) is 34.8 Å². The summed E-state index contributed by atoms with van der Waals surface area (Å²) in [5, 5.41) is 3.85. The number of rotatable bonds is 7. The van der Waals surface area contributed by atoms with E-state index in [0.29, 0.717) is 42.7 Å². The molecule has 2 fully saturated rings. The molecule has 1 aliphatic heterocycles. The Morgan fingerprint density at radius 2 is 2.06 bits per heavy atom. The number of benzene rings is 1. The minimum absolute atomic E-state index is 0.00539. The molecule has 0 radical (unpaired) electrons. The number of ether oxygens (including phenoxy) is 2. The third-order valence-electron chi connectivity index (χ3n) is 5.90.